The number of non-ortho nitro benzene ring substituents is 1. The molecule has 0 unspecified atom stereocenters. The SMILES string of the molecule is C[C@H]1CN(C(=O)[C@@H](Cc2c[nH]c3ccccc23)NC(=O)c2ccc([N+](=O)[O-])cc2)CCN1C(=O)C1CC1. The van der Waals surface area contributed by atoms with Crippen molar-refractivity contribution < 1.29 is 19.3 Å². The molecule has 2 heterocycles. The Kier molecular flexibility index (Phi) is 6.64. The van der Waals surface area contributed by atoms with Gasteiger partial charge in [0, 0.05) is 72.8 Å². The zero-order valence-corrected chi connectivity index (χ0v) is 20.6. The van der Waals surface area contributed by atoms with Gasteiger partial charge in [0.25, 0.3) is 11.6 Å². The van der Waals surface area contributed by atoms with Gasteiger partial charge in [-0.15, -0.1) is 0 Å². The molecule has 1 aliphatic carbocycles. The predicted molar refractivity (Wildman–Crippen MR) is 137 cm³/mol. The van der Waals surface area contributed by atoms with Gasteiger partial charge in [-0.1, -0.05) is 18.2 Å². The number of nitrogens with one attached hydrogen (secondary N) is 2. The summed E-state index contributed by atoms with van der Waals surface area (Å²) >= 11 is 0. The number of piperazine rings is 1. The molecule has 2 N–H and O–H groups in total. The molecular formula is C27H29N5O5. The first-order chi connectivity index (χ1) is 17.8. The number of hydrogen-bond donors (Lipinski definition) is 2. The Hall–Kier alpha value is -4.21. The molecule has 2 aliphatic rings. The topological polar surface area (TPSA) is 129 Å². The number of hydrogen-bond acceptors (Lipinski definition) is 5. The molecular weight excluding hydrogens is 474 g/mol. The van der Waals surface area contributed by atoms with Gasteiger partial charge in [-0.05, 0) is 43.5 Å². The third-order valence-electron chi connectivity index (χ3n) is 7.19. The third-order valence-corrected chi connectivity index (χ3v) is 7.19. The highest BCUT2D eigenvalue weighted by atomic mass is 16.6. The molecule has 192 valence electrons. The van der Waals surface area contributed by atoms with E-state index in [4.69, 9.17) is 0 Å². The highest BCUT2D eigenvalue weighted by Gasteiger charge is 2.39. The molecule has 10 nitrogen and oxygen atoms in total. The molecule has 1 aromatic heterocycles. The van der Waals surface area contributed by atoms with Gasteiger partial charge in [0.15, 0.2) is 0 Å². The van der Waals surface area contributed by atoms with E-state index in [1.807, 2.05) is 42.3 Å². The van der Waals surface area contributed by atoms with Crippen molar-refractivity contribution >= 4 is 34.3 Å². The van der Waals surface area contributed by atoms with E-state index >= 15 is 0 Å². The van der Waals surface area contributed by atoms with Crippen LogP contribution in [-0.2, 0) is 16.0 Å². The van der Waals surface area contributed by atoms with Crippen molar-refractivity contribution in [1.82, 2.24) is 20.1 Å². The zero-order valence-electron chi connectivity index (χ0n) is 20.6. The summed E-state index contributed by atoms with van der Waals surface area (Å²) in [5, 5.41) is 14.8. The van der Waals surface area contributed by atoms with Gasteiger partial charge < -0.3 is 20.1 Å². The Labute approximate surface area is 213 Å². The second-order valence-electron chi connectivity index (χ2n) is 9.83. The third kappa shape index (κ3) is 5.18. The summed E-state index contributed by atoms with van der Waals surface area (Å²) in [6, 6.07) is 12.1. The number of carbonyl (C=O) groups excluding carboxylic acids is 3. The highest BCUT2D eigenvalue weighted by molar-refractivity contribution is 5.98. The van der Waals surface area contributed by atoms with Gasteiger partial charge in [0.2, 0.25) is 11.8 Å². The minimum Gasteiger partial charge on any atom is -0.361 e. The van der Waals surface area contributed by atoms with Crippen LogP contribution in [0.4, 0.5) is 5.69 Å². The molecule has 1 saturated heterocycles. The van der Waals surface area contributed by atoms with Gasteiger partial charge in [-0.2, -0.15) is 0 Å². The Morgan fingerprint density at radius 3 is 2.51 bits per heavy atom. The fourth-order valence-electron chi connectivity index (χ4n) is 4.97. The van der Waals surface area contributed by atoms with E-state index in [9.17, 15) is 24.5 Å². The normalized spacial score (nSPS) is 18.5. The Balaban J connectivity index is 1.35. The maximum Gasteiger partial charge on any atom is 0.269 e. The summed E-state index contributed by atoms with van der Waals surface area (Å²) in [5.41, 5.74) is 1.95. The Morgan fingerprint density at radius 2 is 1.84 bits per heavy atom. The molecule has 2 fully saturated rings. The van der Waals surface area contributed by atoms with Crippen LogP contribution in [0.15, 0.2) is 54.7 Å². The lowest BCUT2D eigenvalue weighted by Gasteiger charge is -2.41. The first kappa shape index (κ1) is 24.5. The maximum atomic E-state index is 13.7. The second kappa shape index (κ2) is 10.0. The number of amides is 3. The number of carbonyl (C=O) groups is 3. The standard InChI is InChI=1S/C27H29N5O5/c1-17-16-30(12-13-31(17)26(34)19-6-7-19)27(35)24(14-20-15-28-23-5-3-2-4-22(20)23)29-25(33)18-8-10-21(11-9-18)32(36)37/h2-5,8-11,15,17,19,24,28H,6-7,12-14,16H2,1H3,(H,29,33)/t17-,24+/m0/s1. The minimum absolute atomic E-state index is 0.107. The van der Waals surface area contributed by atoms with Crippen LogP contribution in [0, 0.1) is 16.0 Å². The summed E-state index contributed by atoms with van der Waals surface area (Å²) in [7, 11) is 0. The molecule has 5 rings (SSSR count). The summed E-state index contributed by atoms with van der Waals surface area (Å²) in [6.45, 7) is 3.22. The van der Waals surface area contributed by atoms with E-state index in [1.165, 1.54) is 24.3 Å². The molecule has 37 heavy (non-hydrogen) atoms. The number of nitro groups is 1. The molecule has 3 aromatic rings. The Morgan fingerprint density at radius 1 is 1.11 bits per heavy atom. The number of aromatic amines is 1. The average Bonchev–Trinajstić information content (AvgIpc) is 3.68. The van der Waals surface area contributed by atoms with Gasteiger partial charge in [0.05, 0.1) is 4.92 Å². The van der Waals surface area contributed by atoms with E-state index in [0.29, 0.717) is 19.6 Å². The fraction of sp³-hybridized carbons (Fsp3) is 0.370. The summed E-state index contributed by atoms with van der Waals surface area (Å²) < 4.78 is 0. The van der Waals surface area contributed by atoms with Crippen molar-refractivity contribution in [3.63, 3.8) is 0 Å². The maximum absolute atomic E-state index is 13.7. The number of para-hydroxylation sites is 1. The number of nitrogens with zero attached hydrogens (tertiary/aromatic N) is 3. The molecule has 3 amide bonds. The fourth-order valence-corrected chi connectivity index (χ4v) is 4.97. The number of rotatable bonds is 7. The quantitative estimate of drug-likeness (QED) is 0.378. The highest BCUT2D eigenvalue weighted by Crippen LogP contribution is 2.32. The number of fused-ring (bicyclic) bond motifs is 1. The number of nitro benzene ring substituents is 1. The smallest absolute Gasteiger partial charge is 0.269 e. The van der Waals surface area contributed by atoms with Crippen LogP contribution < -0.4 is 5.32 Å². The molecule has 0 radical (unpaired) electrons. The first-order valence-electron chi connectivity index (χ1n) is 12.5. The lowest BCUT2D eigenvalue weighted by molar-refractivity contribution is -0.384. The average molecular weight is 504 g/mol. The molecule has 10 heteroatoms. The van der Waals surface area contributed by atoms with Crippen LogP contribution in [0.25, 0.3) is 10.9 Å². The summed E-state index contributed by atoms with van der Waals surface area (Å²) in [4.78, 5) is 56.7. The van der Waals surface area contributed by atoms with E-state index < -0.39 is 16.9 Å². The van der Waals surface area contributed by atoms with Crippen LogP contribution >= 0.6 is 0 Å². The van der Waals surface area contributed by atoms with Crippen LogP contribution in [-0.4, -0.2) is 69.1 Å². The van der Waals surface area contributed by atoms with Crippen molar-refractivity contribution in [2.75, 3.05) is 19.6 Å². The van der Waals surface area contributed by atoms with E-state index in [0.717, 1.165) is 29.3 Å². The van der Waals surface area contributed by atoms with Gasteiger partial charge in [-0.25, -0.2) is 0 Å². The van der Waals surface area contributed by atoms with Crippen molar-refractivity contribution in [1.29, 1.82) is 0 Å². The largest absolute Gasteiger partial charge is 0.361 e. The van der Waals surface area contributed by atoms with E-state index in [1.54, 1.807) is 4.90 Å². The lowest BCUT2D eigenvalue weighted by Crippen LogP contribution is -2.59. The predicted octanol–water partition coefficient (Wildman–Crippen LogP) is 2.89. The van der Waals surface area contributed by atoms with Crippen LogP contribution in [0.2, 0.25) is 0 Å². The number of H-pyrrole nitrogens is 1. The van der Waals surface area contributed by atoms with E-state index in [-0.39, 0.29) is 41.4 Å². The van der Waals surface area contributed by atoms with Crippen molar-refractivity contribution in [2.24, 2.45) is 5.92 Å². The van der Waals surface area contributed by atoms with Crippen molar-refractivity contribution in [2.45, 2.75) is 38.3 Å². The molecule has 2 aromatic carbocycles. The second-order valence-corrected chi connectivity index (χ2v) is 9.83. The monoisotopic (exact) mass is 503 g/mol. The molecule has 1 aliphatic heterocycles. The Bertz CT molecular complexity index is 1350. The van der Waals surface area contributed by atoms with E-state index in [2.05, 4.69) is 10.3 Å². The van der Waals surface area contributed by atoms with Gasteiger partial charge >= 0.3 is 0 Å². The minimum atomic E-state index is -0.847. The van der Waals surface area contributed by atoms with Crippen molar-refractivity contribution in [3.05, 3.63) is 76.0 Å². The first-order valence-corrected chi connectivity index (χ1v) is 12.5. The molecule has 0 bridgehead atoms. The molecule has 1 saturated carbocycles. The number of benzene rings is 2. The van der Waals surface area contributed by atoms with Gasteiger partial charge in [0.1, 0.15) is 6.04 Å². The van der Waals surface area contributed by atoms with Gasteiger partial charge in [-0.3, -0.25) is 24.5 Å². The van der Waals surface area contributed by atoms with Crippen LogP contribution in [0.3, 0.4) is 0 Å². The van der Waals surface area contributed by atoms with Crippen molar-refractivity contribution in [3.8, 4) is 0 Å². The molecule has 0 spiro atoms. The summed E-state index contributed by atoms with van der Waals surface area (Å²) in [5.74, 6) is -0.406. The lowest BCUT2D eigenvalue weighted by atomic mass is 10.0. The van der Waals surface area contributed by atoms with Crippen LogP contribution in [0.1, 0.15) is 35.7 Å². The van der Waals surface area contributed by atoms with Crippen LogP contribution in [0.5, 0.6) is 0 Å². The summed E-state index contributed by atoms with van der Waals surface area (Å²) in [6.07, 6.45) is 3.99. The zero-order chi connectivity index (χ0) is 26.1. The molecule has 2 atom stereocenters. The number of aromatic nitrogens is 1.